The fourth-order valence-electron chi connectivity index (χ4n) is 2.34. The van der Waals surface area contributed by atoms with E-state index in [2.05, 4.69) is 5.32 Å². The Morgan fingerprint density at radius 3 is 2.41 bits per heavy atom. The van der Waals surface area contributed by atoms with Crippen molar-refractivity contribution >= 4 is 11.8 Å². The number of para-hydroxylation sites is 1. The number of hydrogen-bond donors (Lipinski definition) is 1. The van der Waals surface area contributed by atoms with Crippen LogP contribution in [-0.2, 0) is 11.3 Å². The lowest BCUT2D eigenvalue weighted by Gasteiger charge is -2.15. The summed E-state index contributed by atoms with van der Waals surface area (Å²) in [5.41, 5.74) is 1.14. The maximum absolute atomic E-state index is 12.6. The molecule has 0 fully saturated rings. The molecule has 2 aromatic carbocycles. The average Bonchev–Trinajstić information content (AvgIpc) is 2.69. The molecule has 2 amide bonds. The zero-order valence-electron chi connectivity index (χ0n) is 15.9. The molecule has 0 aliphatic rings. The van der Waals surface area contributed by atoms with E-state index in [1.165, 1.54) is 4.90 Å². The lowest BCUT2D eigenvalue weighted by atomic mass is 10.1. The molecule has 7 nitrogen and oxygen atoms in total. The van der Waals surface area contributed by atoms with Crippen LogP contribution in [0.3, 0.4) is 0 Å². The van der Waals surface area contributed by atoms with E-state index in [1.54, 1.807) is 70.8 Å². The number of likely N-dealkylation sites (N-methyl/N-ethyl adjacent to an activating group) is 1. The molecule has 0 bridgehead atoms. The van der Waals surface area contributed by atoms with Crippen molar-refractivity contribution in [1.29, 1.82) is 0 Å². The Morgan fingerprint density at radius 2 is 1.74 bits per heavy atom. The summed E-state index contributed by atoms with van der Waals surface area (Å²) in [7, 11) is 6.43. The largest absolute Gasteiger partial charge is 0.497 e. The van der Waals surface area contributed by atoms with Gasteiger partial charge in [0.05, 0.1) is 19.8 Å². The monoisotopic (exact) mass is 372 g/mol. The number of methoxy groups -OCH3 is 2. The number of carbonyl (C=O) groups excluding carboxylic acids is 2. The summed E-state index contributed by atoms with van der Waals surface area (Å²) in [5.74, 6) is 1.17. The van der Waals surface area contributed by atoms with Crippen molar-refractivity contribution in [3.63, 3.8) is 0 Å². The predicted octanol–water partition coefficient (Wildman–Crippen LogP) is 2.10. The molecule has 7 heteroatoms. The number of rotatable bonds is 8. The first-order valence-electron chi connectivity index (χ1n) is 8.37. The van der Waals surface area contributed by atoms with Crippen molar-refractivity contribution in [3.8, 4) is 17.2 Å². The average molecular weight is 372 g/mol. The molecule has 0 unspecified atom stereocenters. The summed E-state index contributed by atoms with van der Waals surface area (Å²) in [6.07, 6.45) is 0. The number of nitrogens with zero attached hydrogens (tertiary/aromatic N) is 1. The molecule has 0 aliphatic carbocycles. The molecule has 2 aromatic rings. The number of ether oxygens (including phenoxy) is 3. The second-order valence-electron chi connectivity index (χ2n) is 5.93. The van der Waals surface area contributed by atoms with Crippen LogP contribution in [0.4, 0.5) is 0 Å². The highest BCUT2D eigenvalue weighted by Gasteiger charge is 2.15. The molecule has 27 heavy (non-hydrogen) atoms. The number of amides is 2. The highest BCUT2D eigenvalue weighted by atomic mass is 16.5. The predicted molar refractivity (Wildman–Crippen MR) is 101 cm³/mol. The first-order valence-corrected chi connectivity index (χ1v) is 8.37. The Kier molecular flexibility index (Phi) is 7.05. The molecule has 144 valence electrons. The minimum atomic E-state index is -0.312. The molecule has 0 heterocycles. The third-order valence-electron chi connectivity index (χ3n) is 3.91. The Morgan fingerprint density at radius 1 is 1.00 bits per heavy atom. The molecular formula is C20H24N2O5. The van der Waals surface area contributed by atoms with E-state index >= 15 is 0 Å². The molecule has 0 saturated heterocycles. The van der Waals surface area contributed by atoms with Crippen LogP contribution in [0.15, 0.2) is 42.5 Å². The van der Waals surface area contributed by atoms with Gasteiger partial charge in [-0.2, -0.15) is 0 Å². The topological polar surface area (TPSA) is 77.1 Å². The lowest BCUT2D eigenvalue weighted by Crippen LogP contribution is -2.28. The molecular weight excluding hydrogens is 348 g/mol. The van der Waals surface area contributed by atoms with Gasteiger partial charge in [-0.15, -0.1) is 0 Å². The van der Waals surface area contributed by atoms with Gasteiger partial charge in [-0.3, -0.25) is 9.59 Å². The third-order valence-corrected chi connectivity index (χ3v) is 3.91. The SMILES string of the molecule is COc1ccc(OC)c(CNC(=O)c2ccccc2OCC(=O)N(C)C)c1. The zero-order valence-corrected chi connectivity index (χ0v) is 15.9. The summed E-state index contributed by atoms with van der Waals surface area (Å²) >= 11 is 0. The van der Waals surface area contributed by atoms with E-state index in [-0.39, 0.29) is 25.0 Å². The fourth-order valence-corrected chi connectivity index (χ4v) is 2.34. The Hall–Kier alpha value is -3.22. The Bertz CT molecular complexity index is 805. The van der Waals surface area contributed by atoms with Gasteiger partial charge in [-0.05, 0) is 30.3 Å². The highest BCUT2D eigenvalue weighted by molar-refractivity contribution is 5.97. The van der Waals surface area contributed by atoms with E-state index in [9.17, 15) is 9.59 Å². The van der Waals surface area contributed by atoms with Gasteiger partial charge in [0.1, 0.15) is 17.2 Å². The van der Waals surface area contributed by atoms with Gasteiger partial charge in [0.15, 0.2) is 6.61 Å². The van der Waals surface area contributed by atoms with Crippen molar-refractivity contribution in [3.05, 3.63) is 53.6 Å². The van der Waals surface area contributed by atoms with Crippen LogP contribution in [0, 0.1) is 0 Å². The van der Waals surface area contributed by atoms with Gasteiger partial charge >= 0.3 is 0 Å². The molecule has 2 rings (SSSR count). The minimum absolute atomic E-state index is 0.138. The fraction of sp³-hybridized carbons (Fsp3) is 0.300. The summed E-state index contributed by atoms with van der Waals surface area (Å²) in [5, 5.41) is 2.84. The number of nitrogens with one attached hydrogen (secondary N) is 1. The quantitative estimate of drug-likeness (QED) is 0.768. The van der Waals surface area contributed by atoms with Crippen molar-refractivity contribution in [1.82, 2.24) is 10.2 Å². The highest BCUT2D eigenvalue weighted by Crippen LogP contribution is 2.24. The number of carbonyl (C=O) groups is 2. The number of benzene rings is 2. The van der Waals surface area contributed by atoms with Gasteiger partial charge in [-0.1, -0.05) is 12.1 Å². The van der Waals surface area contributed by atoms with Gasteiger partial charge in [-0.25, -0.2) is 0 Å². The van der Waals surface area contributed by atoms with Crippen LogP contribution in [0.25, 0.3) is 0 Å². The summed E-state index contributed by atoms with van der Waals surface area (Å²) in [4.78, 5) is 25.8. The van der Waals surface area contributed by atoms with Crippen LogP contribution in [0.1, 0.15) is 15.9 Å². The van der Waals surface area contributed by atoms with Gasteiger partial charge < -0.3 is 24.4 Å². The van der Waals surface area contributed by atoms with Crippen molar-refractivity contribution < 1.29 is 23.8 Å². The van der Waals surface area contributed by atoms with E-state index in [1.807, 2.05) is 0 Å². The van der Waals surface area contributed by atoms with Gasteiger partial charge in [0.25, 0.3) is 11.8 Å². The van der Waals surface area contributed by atoms with E-state index in [4.69, 9.17) is 14.2 Å². The molecule has 0 atom stereocenters. The normalized spacial score (nSPS) is 10.1. The van der Waals surface area contributed by atoms with Crippen molar-refractivity contribution in [2.45, 2.75) is 6.54 Å². The smallest absolute Gasteiger partial charge is 0.259 e. The zero-order chi connectivity index (χ0) is 19.8. The molecule has 0 aromatic heterocycles. The second kappa shape index (κ2) is 9.47. The first kappa shape index (κ1) is 20.1. The first-order chi connectivity index (χ1) is 13.0. The van der Waals surface area contributed by atoms with Crippen LogP contribution in [-0.4, -0.2) is 51.6 Å². The van der Waals surface area contributed by atoms with E-state index in [0.29, 0.717) is 22.8 Å². The maximum atomic E-state index is 12.6. The Balaban J connectivity index is 2.09. The number of hydrogen-bond acceptors (Lipinski definition) is 5. The molecule has 1 N–H and O–H groups in total. The van der Waals surface area contributed by atoms with Crippen LogP contribution in [0.2, 0.25) is 0 Å². The van der Waals surface area contributed by atoms with Crippen molar-refractivity contribution in [2.75, 3.05) is 34.9 Å². The molecule has 0 saturated carbocycles. The van der Waals surface area contributed by atoms with Crippen LogP contribution in [0.5, 0.6) is 17.2 Å². The van der Waals surface area contributed by atoms with Gasteiger partial charge in [0.2, 0.25) is 0 Å². The summed E-state index contributed by atoms with van der Waals surface area (Å²) < 4.78 is 16.1. The summed E-state index contributed by atoms with van der Waals surface area (Å²) in [6.45, 7) is 0.116. The lowest BCUT2D eigenvalue weighted by molar-refractivity contribution is -0.130. The minimum Gasteiger partial charge on any atom is -0.497 e. The van der Waals surface area contributed by atoms with Crippen LogP contribution >= 0.6 is 0 Å². The van der Waals surface area contributed by atoms with Crippen LogP contribution < -0.4 is 19.5 Å². The van der Waals surface area contributed by atoms with Crippen molar-refractivity contribution in [2.24, 2.45) is 0 Å². The maximum Gasteiger partial charge on any atom is 0.259 e. The summed E-state index contributed by atoms with van der Waals surface area (Å²) in [6, 6.07) is 12.2. The second-order valence-corrected chi connectivity index (χ2v) is 5.93. The van der Waals surface area contributed by atoms with E-state index in [0.717, 1.165) is 5.56 Å². The molecule has 0 aliphatic heterocycles. The van der Waals surface area contributed by atoms with Gasteiger partial charge in [0, 0.05) is 26.2 Å². The standard InChI is InChI=1S/C20H24N2O5/c1-22(2)19(23)13-27-18-8-6-5-7-16(18)20(24)21-12-14-11-15(25-3)9-10-17(14)26-4/h5-11H,12-13H2,1-4H3,(H,21,24). The third kappa shape index (κ3) is 5.37. The molecule has 0 spiro atoms. The molecule has 0 radical (unpaired) electrons. The van der Waals surface area contributed by atoms with E-state index < -0.39 is 0 Å². The Labute approximate surface area is 158 Å².